The fourth-order valence-corrected chi connectivity index (χ4v) is 2.46. The number of aromatic carboxylic acids is 1. The minimum absolute atomic E-state index is 0.0528. The standard InChI is InChI=1S/C13H18N4O3S/c1-8(21(3)20)4-5-14-11-9-7-16-17(2)12(9)15-6-10(11)13(18)19/h6-8H,4-5H2,1-3H3,(H,14,15)(H,18,19). The summed E-state index contributed by atoms with van der Waals surface area (Å²) in [6.07, 6.45) is 5.28. The highest BCUT2D eigenvalue weighted by Crippen LogP contribution is 2.25. The van der Waals surface area contributed by atoms with Crippen molar-refractivity contribution in [3.8, 4) is 0 Å². The molecule has 2 atom stereocenters. The number of hydrogen-bond acceptors (Lipinski definition) is 5. The van der Waals surface area contributed by atoms with Crippen molar-refractivity contribution < 1.29 is 14.1 Å². The quantitative estimate of drug-likeness (QED) is 0.833. The summed E-state index contributed by atoms with van der Waals surface area (Å²) in [6.45, 7) is 2.44. The molecule has 2 rings (SSSR count). The number of carbonyl (C=O) groups is 1. The van der Waals surface area contributed by atoms with E-state index in [1.807, 2.05) is 6.92 Å². The van der Waals surface area contributed by atoms with Crippen LogP contribution in [0.1, 0.15) is 23.7 Å². The van der Waals surface area contributed by atoms with Gasteiger partial charge >= 0.3 is 5.97 Å². The summed E-state index contributed by atoms with van der Waals surface area (Å²) in [4.78, 5) is 15.4. The van der Waals surface area contributed by atoms with Crippen molar-refractivity contribution in [2.24, 2.45) is 7.05 Å². The molecule has 2 unspecified atom stereocenters. The molecular formula is C13H18N4O3S. The number of fused-ring (bicyclic) bond motifs is 1. The van der Waals surface area contributed by atoms with Crippen LogP contribution in [0.25, 0.3) is 11.0 Å². The molecule has 114 valence electrons. The molecule has 0 aromatic carbocycles. The van der Waals surface area contributed by atoms with Crippen LogP contribution in [0, 0.1) is 0 Å². The van der Waals surface area contributed by atoms with Gasteiger partial charge in [-0.25, -0.2) is 9.78 Å². The molecule has 2 heterocycles. The zero-order chi connectivity index (χ0) is 15.6. The lowest BCUT2D eigenvalue weighted by atomic mass is 10.1. The molecule has 0 saturated heterocycles. The van der Waals surface area contributed by atoms with E-state index in [9.17, 15) is 14.1 Å². The lowest BCUT2D eigenvalue weighted by molar-refractivity contribution is 0.0697. The Balaban J connectivity index is 2.29. The molecule has 0 bridgehead atoms. The Bertz CT molecular complexity index is 698. The van der Waals surface area contributed by atoms with Gasteiger partial charge in [-0.3, -0.25) is 8.89 Å². The first kappa shape index (κ1) is 15.4. The van der Waals surface area contributed by atoms with Gasteiger partial charge in [0.15, 0.2) is 5.65 Å². The van der Waals surface area contributed by atoms with Gasteiger partial charge in [-0.2, -0.15) is 5.10 Å². The maximum atomic E-state index is 11.3. The Labute approximate surface area is 124 Å². The van der Waals surface area contributed by atoms with E-state index in [1.165, 1.54) is 6.20 Å². The van der Waals surface area contributed by atoms with Crippen LogP contribution in [0.2, 0.25) is 0 Å². The number of aromatic nitrogens is 3. The van der Waals surface area contributed by atoms with Crippen molar-refractivity contribution in [2.75, 3.05) is 18.1 Å². The average molecular weight is 310 g/mol. The van der Waals surface area contributed by atoms with Crippen LogP contribution >= 0.6 is 0 Å². The maximum Gasteiger partial charge on any atom is 0.339 e. The summed E-state index contributed by atoms with van der Waals surface area (Å²) in [7, 11) is 0.861. The number of anilines is 1. The fourth-order valence-electron chi connectivity index (χ4n) is 2.01. The largest absolute Gasteiger partial charge is 0.478 e. The van der Waals surface area contributed by atoms with Crippen LogP contribution in [0.3, 0.4) is 0 Å². The lowest BCUT2D eigenvalue weighted by Crippen LogP contribution is -2.16. The van der Waals surface area contributed by atoms with Gasteiger partial charge in [0, 0.05) is 42.1 Å². The lowest BCUT2D eigenvalue weighted by Gasteiger charge is -2.13. The third kappa shape index (κ3) is 3.21. The third-order valence-electron chi connectivity index (χ3n) is 3.41. The van der Waals surface area contributed by atoms with E-state index in [0.29, 0.717) is 29.7 Å². The minimum atomic E-state index is -1.04. The highest BCUT2D eigenvalue weighted by molar-refractivity contribution is 7.84. The van der Waals surface area contributed by atoms with E-state index < -0.39 is 16.8 Å². The van der Waals surface area contributed by atoms with Gasteiger partial charge in [-0.05, 0) is 6.42 Å². The molecule has 21 heavy (non-hydrogen) atoms. The van der Waals surface area contributed by atoms with Gasteiger partial charge < -0.3 is 10.4 Å². The van der Waals surface area contributed by atoms with Gasteiger partial charge in [-0.15, -0.1) is 0 Å². The second kappa shape index (κ2) is 6.21. The number of aryl methyl sites for hydroxylation is 1. The highest BCUT2D eigenvalue weighted by atomic mass is 32.2. The second-order valence-corrected chi connectivity index (χ2v) is 6.68. The summed E-state index contributed by atoms with van der Waals surface area (Å²) < 4.78 is 12.9. The number of hydrogen-bond donors (Lipinski definition) is 2. The summed E-state index contributed by atoms with van der Waals surface area (Å²) in [5.74, 6) is -1.04. The molecule has 0 aliphatic rings. The Hall–Kier alpha value is -1.96. The SMILES string of the molecule is CC(CCNc1c(C(=O)O)cnc2c1cnn2C)S(C)=O. The summed E-state index contributed by atoms with van der Waals surface area (Å²) in [5, 5.41) is 17.2. The molecule has 0 radical (unpaired) electrons. The molecule has 0 aliphatic heterocycles. The Morgan fingerprint density at radius 1 is 1.52 bits per heavy atom. The highest BCUT2D eigenvalue weighted by Gasteiger charge is 2.17. The third-order valence-corrected chi connectivity index (χ3v) is 4.78. The van der Waals surface area contributed by atoms with Gasteiger partial charge in [0.1, 0.15) is 5.56 Å². The van der Waals surface area contributed by atoms with E-state index in [1.54, 1.807) is 24.2 Å². The van der Waals surface area contributed by atoms with Crippen LogP contribution in [0.5, 0.6) is 0 Å². The zero-order valence-electron chi connectivity index (χ0n) is 12.2. The molecule has 0 fully saturated rings. The molecule has 2 aromatic heterocycles. The van der Waals surface area contributed by atoms with Crippen LogP contribution in [-0.4, -0.2) is 48.1 Å². The van der Waals surface area contributed by atoms with Gasteiger partial charge in [0.25, 0.3) is 0 Å². The molecule has 0 aliphatic carbocycles. The van der Waals surface area contributed by atoms with Gasteiger partial charge in [-0.1, -0.05) is 6.92 Å². The minimum Gasteiger partial charge on any atom is -0.478 e. The number of nitrogens with zero attached hydrogens (tertiary/aromatic N) is 3. The number of nitrogens with one attached hydrogen (secondary N) is 1. The smallest absolute Gasteiger partial charge is 0.339 e. The van der Waals surface area contributed by atoms with Crippen molar-refractivity contribution in [3.05, 3.63) is 18.0 Å². The first-order valence-corrected chi connectivity index (χ1v) is 8.14. The fraction of sp³-hybridized carbons (Fsp3) is 0.462. The normalized spacial score (nSPS) is 14.0. The molecule has 0 amide bonds. The maximum absolute atomic E-state index is 11.3. The van der Waals surface area contributed by atoms with Crippen molar-refractivity contribution in [2.45, 2.75) is 18.6 Å². The number of carboxylic acid groups (broad SMARTS) is 1. The van der Waals surface area contributed by atoms with Crippen LogP contribution in [0.15, 0.2) is 12.4 Å². The van der Waals surface area contributed by atoms with Crippen LogP contribution < -0.4 is 5.32 Å². The summed E-state index contributed by atoms with van der Waals surface area (Å²) in [5.41, 5.74) is 1.24. The first-order valence-electron chi connectivity index (χ1n) is 6.52. The first-order chi connectivity index (χ1) is 9.91. The number of rotatable bonds is 6. The van der Waals surface area contributed by atoms with E-state index in [-0.39, 0.29) is 10.8 Å². The van der Waals surface area contributed by atoms with Gasteiger partial charge in [0.05, 0.1) is 17.3 Å². The van der Waals surface area contributed by atoms with E-state index in [4.69, 9.17) is 0 Å². The number of carboxylic acids is 1. The van der Waals surface area contributed by atoms with Crippen LogP contribution in [0.4, 0.5) is 5.69 Å². The van der Waals surface area contributed by atoms with E-state index in [2.05, 4.69) is 15.4 Å². The molecule has 0 saturated carbocycles. The van der Waals surface area contributed by atoms with E-state index >= 15 is 0 Å². The summed E-state index contributed by atoms with van der Waals surface area (Å²) >= 11 is 0. The van der Waals surface area contributed by atoms with Crippen molar-refractivity contribution >= 4 is 33.5 Å². The van der Waals surface area contributed by atoms with Gasteiger partial charge in [0.2, 0.25) is 0 Å². The predicted molar refractivity (Wildman–Crippen MR) is 82.1 cm³/mol. The molecule has 7 nitrogen and oxygen atoms in total. The van der Waals surface area contributed by atoms with Crippen LogP contribution in [-0.2, 0) is 17.8 Å². The average Bonchev–Trinajstić information content (AvgIpc) is 2.80. The Morgan fingerprint density at radius 2 is 2.24 bits per heavy atom. The molecular weight excluding hydrogens is 292 g/mol. The van der Waals surface area contributed by atoms with E-state index in [0.717, 1.165) is 0 Å². The van der Waals surface area contributed by atoms with Crippen molar-refractivity contribution in [1.29, 1.82) is 0 Å². The molecule has 8 heteroatoms. The zero-order valence-corrected chi connectivity index (χ0v) is 13.0. The molecule has 2 N–H and O–H groups in total. The molecule has 2 aromatic rings. The predicted octanol–water partition coefficient (Wildman–Crippen LogP) is 1.24. The summed E-state index contributed by atoms with van der Waals surface area (Å²) in [6, 6.07) is 0. The van der Waals surface area contributed by atoms with Crippen molar-refractivity contribution in [1.82, 2.24) is 14.8 Å². The topological polar surface area (TPSA) is 97.1 Å². The number of pyridine rings is 1. The Morgan fingerprint density at radius 3 is 2.86 bits per heavy atom. The van der Waals surface area contributed by atoms with Crippen molar-refractivity contribution in [3.63, 3.8) is 0 Å². The molecule has 0 spiro atoms. The monoisotopic (exact) mass is 310 g/mol. The Kier molecular flexibility index (Phi) is 4.56. The second-order valence-electron chi connectivity index (χ2n) is 4.88.